The summed E-state index contributed by atoms with van der Waals surface area (Å²) in [5, 5.41) is 38.5. The molecule has 0 aromatic heterocycles. The second kappa shape index (κ2) is 13.5. The zero-order chi connectivity index (χ0) is 20.1. The highest BCUT2D eigenvalue weighted by Crippen LogP contribution is 2.36. The summed E-state index contributed by atoms with van der Waals surface area (Å²) in [5.74, 6) is -0.936. The molecule has 1 aliphatic carbocycles. The van der Waals surface area contributed by atoms with Crippen molar-refractivity contribution >= 4 is 5.97 Å². The van der Waals surface area contributed by atoms with Gasteiger partial charge in [-0.2, -0.15) is 0 Å². The summed E-state index contributed by atoms with van der Waals surface area (Å²) in [7, 11) is 0. The van der Waals surface area contributed by atoms with Crippen LogP contribution in [-0.4, -0.2) is 44.7 Å². The van der Waals surface area contributed by atoms with Crippen LogP contribution in [0.4, 0.5) is 0 Å². The minimum atomic E-state index is -0.778. The predicted molar refractivity (Wildman–Crippen MR) is 107 cm³/mol. The molecular formula is C22H34O5. The fourth-order valence-corrected chi connectivity index (χ4v) is 3.22. The van der Waals surface area contributed by atoms with E-state index < -0.39 is 24.3 Å². The molecule has 1 saturated carbocycles. The SMILES string of the molecule is CC[C@@H](O)/C=C/[C@@H]1[C@H](C/C=C\C/C=C\C/C=C\CCC(=O)O)[C@H](O)C[C@@H]1O. The van der Waals surface area contributed by atoms with Gasteiger partial charge in [0.15, 0.2) is 0 Å². The highest BCUT2D eigenvalue weighted by Gasteiger charge is 2.39. The molecule has 152 valence electrons. The van der Waals surface area contributed by atoms with Crippen LogP contribution in [0.5, 0.6) is 0 Å². The second-order valence-corrected chi connectivity index (χ2v) is 7.03. The van der Waals surface area contributed by atoms with Crippen molar-refractivity contribution in [1.82, 2.24) is 0 Å². The molecule has 0 aromatic rings. The number of hydrogen-bond acceptors (Lipinski definition) is 4. The number of carboxylic acid groups (broad SMARTS) is 1. The molecule has 1 fully saturated rings. The predicted octanol–water partition coefficient (Wildman–Crippen LogP) is 3.38. The zero-order valence-corrected chi connectivity index (χ0v) is 16.2. The van der Waals surface area contributed by atoms with Crippen molar-refractivity contribution in [2.24, 2.45) is 11.8 Å². The monoisotopic (exact) mass is 378 g/mol. The molecule has 0 unspecified atom stereocenters. The molecule has 0 amide bonds. The first-order chi connectivity index (χ1) is 13.0. The van der Waals surface area contributed by atoms with E-state index in [2.05, 4.69) is 0 Å². The number of aliphatic carboxylic acids is 1. The standard InChI is InChI=1S/C22H34O5/c1-2-17(23)14-15-19-18(20(24)16-21(19)25)12-10-8-6-4-3-5-7-9-11-13-22(26)27/h3-4,7-10,14-15,17-21,23-25H,2,5-6,11-13,16H2,1H3,(H,26,27)/b4-3-,9-7-,10-8-,15-14+/t17-,18+,19-,20-,21+/m1/s1. The average molecular weight is 379 g/mol. The average Bonchev–Trinajstić information content (AvgIpc) is 2.90. The van der Waals surface area contributed by atoms with Gasteiger partial charge < -0.3 is 20.4 Å². The first-order valence-corrected chi connectivity index (χ1v) is 9.85. The van der Waals surface area contributed by atoms with E-state index in [-0.39, 0.29) is 18.3 Å². The molecule has 0 spiro atoms. The molecule has 27 heavy (non-hydrogen) atoms. The number of hydrogen-bond donors (Lipinski definition) is 4. The minimum absolute atomic E-state index is 0.0299. The number of carbonyl (C=O) groups is 1. The van der Waals surface area contributed by atoms with Crippen LogP contribution in [0.15, 0.2) is 48.6 Å². The number of aliphatic hydroxyl groups is 3. The largest absolute Gasteiger partial charge is 0.481 e. The minimum Gasteiger partial charge on any atom is -0.481 e. The molecule has 5 heteroatoms. The van der Waals surface area contributed by atoms with Crippen LogP contribution in [-0.2, 0) is 4.79 Å². The lowest BCUT2D eigenvalue weighted by Gasteiger charge is -2.19. The quantitative estimate of drug-likeness (QED) is 0.390. The molecule has 0 aromatic carbocycles. The van der Waals surface area contributed by atoms with E-state index in [9.17, 15) is 20.1 Å². The van der Waals surface area contributed by atoms with Gasteiger partial charge >= 0.3 is 5.97 Å². The van der Waals surface area contributed by atoms with Crippen molar-refractivity contribution in [2.75, 3.05) is 0 Å². The molecule has 0 radical (unpaired) electrons. The summed E-state index contributed by atoms with van der Waals surface area (Å²) in [6, 6.07) is 0. The Morgan fingerprint density at radius 3 is 2.30 bits per heavy atom. The van der Waals surface area contributed by atoms with E-state index in [0.717, 1.165) is 12.8 Å². The van der Waals surface area contributed by atoms with Crippen molar-refractivity contribution in [1.29, 1.82) is 0 Å². The van der Waals surface area contributed by atoms with Gasteiger partial charge in [-0.3, -0.25) is 4.79 Å². The van der Waals surface area contributed by atoms with Gasteiger partial charge in [0.05, 0.1) is 18.3 Å². The van der Waals surface area contributed by atoms with Gasteiger partial charge in [-0.25, -0.2) is 0 Å². The molecule has 1 aliphatic rings. The van der Waals surface area contributed by atoms with Crippen LogP contribution in [0.2, 0.25) is 0 Å². The fraction of sp³-hybridized carbons (Fsp3) is 0.591. The summed E-state index contributed by atoms with van der Waals surface area (Å²) >= 11 is 0. The highest BCUT2D eigenvalue weighted by atomic mass is 16.4. The van der Waals surface area contributed by atoms with Gasteiger partial charge in [0.2, 0.25) is 0 Å². The van der Waals surface area contributed by atoms with Crippen LogP contribution in [0.3, 0.4) is 0 Å². The first kappa shape index (κ1) is 23.3. The maximum atomic E-state index is 10.4. The number of aliphatic hydroxyl groups excluding tert-OH is 3. The number of carboxylic acids is 1. The van der Waals surface area contributed by atoms with Crippen molar-refractivity contribution in [3.05, 3.63) is 48.6 Å². The summed E-state index contributed by atoms with van der Waals surface area (Å²) in [6.45, 7) is 1.90. The van der Waals surface area contributed by atoms with Crippen molar-refractivity contribution < 1.29 is 25.2 Å². The van der Waals surface area contributed by atoms with E-state index in [1.54, 1.807) is 6.08 Å². The maximum Gasteiger partial charge on any atom is 0.303 e. The third kappa shape index (κ3) is 9.70. The third-order valence-corrected chi connectivity index (χ3v) is 4.87. The highest BCUT2D eigenvalue weighted by molar-refractivity contribution is 5.66. The molecule has 5 nitrogen and oxygen atoms in total. The lowest BCUT2D eigenvalue weighted by Crippen LogP contribution is -2.20. The first-order valence-electron chi connectivity index (χ1n) is 9.85. The van der Waals surface area contributed by atoms with Crippen LogP contribution in [0.25, 0.3) is 0 Å². The van der Waals surface area contributed by atoms with Gasteiger partial charge in [0, 0.05) is 18.8 Å². The van der Waals surface area contributed by atoms with Crippen molar-refractivity contribution in [3.63, 3.8) is 0 Å². The summed E-state index contributed by atoms with van der Waals surface area (Å²) < 4.78 is 0. The molecular weight excluding hydrogens is 344 g/mol. The smallest absolute Gasteiger partial charge is 0.303 e. The molecule has 0 saturated heterocycles. The van der Waals surface area contributed by atoms with Crippen LogP contribution in [0, 0.1) is 11.8 Å². The Morgan fingerprint density at radius 2 is 1.67 bits per heavy atom. The molecule has 0 heterocycles. The van der Waals surface area contributed by atoms with Gasteiger partial charge in [-0.1, -0.05) is 55.5 Å². The molecule has 4 N–H and O–H groups in total. The topological polar surface area (TPSA) is 98.0 Å². The zero-order valence-electron chi connectivity index (χ0n) is 16.2. The Labute approximate surface area is 162 Å². The molecule has 0 aliphatic heterocycles. The Kier molecular flexibility index (Phi) is 11.7. The van der Waals surface area contributed by atoms with E-state index in [1.165, 1.54) is 0 Å². The molecule has 5 atom stereocenters. The Bertz CT molecular complexity index is 535. The Hall–Kier alpha value is -1.69. The van der Waals surface area contributed by atoms with E-state index in [4.69, 9.17) is 5.11 Å². The third-order valence-electron chi connectivity index (χ3n) is 4.87. The van der Waals surface area contributed by atoms with E-state index in [0.29, 0.717) is 25.7 Å². The summed E-state index contributed by atoms with van der Waals surface area (Å²) in [4.78, 5) is 10.4. The van der Waals surface area contributed by atoms with Crippen LogP contribution in [0.1, 0.15) is 51.9 Å². The lowest BCUT2D eigenvalue weighted by atomic mass is 9.89. The van der Waals surface area contributed by atoms with Gasteiger partial charge in [0.25, 0.3) is 0 Å². The maximum absolute atomic E-state index is 10.4. The van der Waals surface area contributed by atoms with Crippen LogP contribution < -0.4 is 0 Å². The van der Waals surface area contributed by atoms with Gasteiger partial charge in [-0.05, 0) is 38.0 Å². The van der Waals surface area contributed by atoms with E-state index in [1.807, 2.05) is 49.5 Å². The fourth-order valence-electron chi connectivity index (χ4n) is 3.22. The van der Waals surface area contributed by atoms with E-state index >= 15 is 0 Å². The Balaban J connectivity index is 2.34. The molecule has 1 rings (SSSR count). The summed E-state index contributed by atoms with van der Waals surface area (Å²) in [5.41, 5.74) is 0. The van der Waals surface area contributed by atoms with Crippen molar-refractivity contribution in [2.45, 2.75) is 70.2 Å². The van der Waals surface area contributed by atoms with Gasteiger partial charge in [-0.15, -0.1) is 0 Å². The lowest BCUT2D eigenvalue weighted by molar-refractivity contribution is -0.136. The number of rotatable bonds is 12. The Morgan fingerprint density at radius 1 is 1.04 bits per heavy atom. The summed E-state index contributed by atoms with van der Waals surface area (Å²) in [6.07, 6.45) is 18.0. The van der Waals surface area contributed by atoms with Crippen molar-refractivity contribution in [3.8, 4) is 0 Å². The normalized spacial score (nSPS) is 27.6. The second-order valence-electron chi connectivity index (χ2n) is 7.03. The molecule has 0 bridgehead atoms. The number of allylic oxidation sites excluding steroid dienone is 6. The van der Waals surface area contributed by atoms with Crippen LogP contribution >= 0.6 is 0 Å². The van der Waals surface area contributed by atoms with Gasteiger partial charge in [0.1, 0.15) is 0 Å².